The van der Waals surface area contributed by atoms with Crippen LogP contribution in [-0.2, 0) is 11.3 Å². The molecule has 0 aliphatic heterocycles. The highest BCUT2D eigenvalue weighted by molar-refractivity contribution is 5.91. The molecule has 0 aliphatic rings. The van der Waals surface area contributed by atoms with Gasteiger partial charge in [-0.2, -0.15) is 0 Å². The summed E-state index contributed by atoms with van der Waals surface area (Å²) >= 11 is 0. The van der Waals surface area contributed by atoms with Gasteiger partial charge in [0.25, 0.3) is 0 Å². The lowest BCUT2D eigenvalue weighted by Crippen LogP contribution is -2.10. The average Bonchev–Trinajstić information content (AvgIpc) is 2.29. The van der Waals surface area contributed by atoms with E-state index in [0.29, 0.717) is 18.7 Å². The van der Waals surface area contributed by atoms with E-state index in [1.54, 1.807) is 12.1 Å². The highest BCUT2D eigenvalue weighted by Gasteiger charge is 2.10. The number of unbranched alkanes of at least 4 members (excludes halogenated alkanes) is 1. The number of hydrogen-bond donors (Lipinski definition) is 2. The molecule has 102 valence electrons. The van der Waals surface area contributed by atoms with E-state index < -0.39 is 0 Å². The third-order valence-electron chi connectivity index (χ3n) is 2.52. The first-order valence-corrected chi connectivity index (χ1v) is 5.82. The number of esters is 1. The Labute approximate surface area is 114 Å². The van der Waals surface area contributed by atoms with Crippen molar-refractivity contribution in [3.05, 3.63) is 34.9 Å². The van der Waals surface area contributed by atoms with Crippen LogP contribution < -0.4 is 5.48 Å². The Morgan fingerprint density at radius 2 is 2.17 bits per heavy atom. The summed E-state index contributed by atoms with van der Waals surface area (Å²) in [6.45, 7) is 4.74. The highest BCUT2D eigenvalue weighted by Crippen LogP contribution is 2.12. The fraction of sp³-hybridized carbons (Fsp3) is 0.462. The summed E-state index contributed by atoms with van der Waals surface area (Å²) in [6.07, 6.45) is 1.89. The van der Waals surface area contributed by atoms with Gasteiger partial charge in [-0.15, -0.1) is 12.4 Å². The van der Waals surface area contributed by atoms with Gasteiger partial charge in [-0.1, -0.05) is 25.5 Å². The molecule has 0 unspecified atom stereocenters. The fourth-order valence-electron chi connectivity index (χ4n) is 1.54. The van der Waals surface area contributed by atoms with Crippen LogP contribution in [0.1, 0.15) is 41.3 Å². The van der Waals surface area contributed by atoms with Gasteiger partial charge in [0.2, 0.25) is 0 Å². The molecule has 1 aromatic carbocycles. The van der Waals surface area contributed by atoms with Crippen molar-refractivity contribution in [2.75, 3.05) is 6.61 Å². The third kappa shape index (κ3) is 5.04. The van der Waals surface area contributed by atoms with Crippen LogP contribution in [-0.4, -0.2) is 17.8 Å². The number of rotatable bonds is 6. The third-order valence-corrected chi connectivity index (χ3v) is 2.52. The van der Waals surface area contributed by atoms with E-state index in [0.717, 1.165) is 24.0 Å². The van der Waals surface area contributed by atoms with E-state index in [2.05, 4.69) is 12.4 Å². The van der Waals surface area contributed by atoms with Gasteiger partial charge >= 0.3 is 5.97 Å². The van der Waals surface area contributed by atoms with E-state index in [1.807, 2.05) is 13.0 Å². The number of hydroxylamine groups is 1. The Balaban J connectivity index is 0.00000289. The molecule has 0 amide bonds. The predicted octanol–water partition coefficient (Wildman–Crippen LogP) is 2.85. The van der Waals surface area contributed by atoms with Gasteiger partial charge in [0.15, 0.2) is 0 Å². The molecular weight excluding hydrogens is 254 g/mol. The lowest BCUT2D eigenvalue weighted by molar-refractivity contribution is 0.0499. The first-order valence-electron chi connectivity index (χ1n) is 5.82. The summed E-state index contributed by atoms with van der Waals surface area (Å²) < 4.78 is 5.15. The van der Waals surface area contributed by atoms with Crippen molar-refractivity contribution >= 4 is 18.4 Å². The number of benzene rings is 1. The number of carbonyl (C=O) groups excluding carboxylic acids is 1. The van der Waals surface area contributed by atoms with E-state index >= 15 is 0 Å². The fourth-order valence-corrected chi connectivity index (χ4v) is 1.54. The van der Waals surface area contributed by atoms with E-state index in [4.69, 9.17) is 9.94 Å². The summed E-state index contributed by atoms with van der Waals surface area (Å²) in [4.78, 5) is 11.7. The summed E-state index contributed by atoms with van der Waals surface area (Å²) in [7, 11) is 0. The lowest BCUT2D eigenvalue weighted by Gasteiger charge is -2.08. The molecule has 0 atom stereocenters. The van der Waals surface area contributed by atoms with Crippen LogP contribution in [0.2, 0.25) is 0 Å². The van der Waals surface area contributed by atoms with Crippen molar-refractivity contribution in [2.24, 2.45) is 0 Å². The standard InChI is InChI=1S/C13H19NO3.ClH/c1-3-4-7-17-13(15)12-6-5-11(9-14-16)8-10(12)2;/h5-6,8,14,16H,3-4,7,9H2,1-2H3;1H. The zero-order valence-corrected chi connectivity index (χ0v) is 11.5. The molecule has 0 radical (unpaired) electrons. The Morgan fingerprint density at radius 1 is 1.44 bits per heavy atom. The van der Waals surface area contributed by atoms with Crippen LogP contribution in [0.4, 0.5) is 0 Å². The Morgan fingerprint density at radius 3 is 2.72 bits per heavy atom. The van der Waals surface area contributed by atoms with Gasteiger partial charge in [0.1, 0.15) is 0 Å². The van der Waals surface area contributed by atoms with Crippen molar-refractivity contribution in [1.29, 1.82) is 0 Å². The van der Waals surface area contributed by atoms with Gasteiger partial charge in [-0.25, -0.2) is 10.3 Å². The van der Waals surface area contributed by atoms with E-state index in [-0.39, 0.29) is 18.4 Å². The van der Waals surface area contributed by atoms with Crippen molar-refractivity contribution in [3.8, 4) is 0 Å². The van der Waals surface area contributed by atoms with Crippen LogP contribution in [0.3, 0.4) is 0 Å². The van der Waals surface area contributed by atoms with Gasteiger partial charge in [-0.3, -0.25) is 0 Å². The monoisotopic (exact) mass is 273 g/mol. The first kappa shape index (κ1) is 16.9. The molecule has 0 aliphatic carbocycles. The van der Waals surface area contributed by atoms with Gasteiger partial charge < -0.3 is 9.94 Å². The van der Waals surface area contributed by atoms with Crippen LogP contribution in [0.25, 0.3) is 0 Å². The highest BCUT2D eigenvalue weighted by atomic mass is 35.5. The SMILES string of the molecule is CCCCOC(=O)c1ccc(CNO)cc1C.Cl. The molecule has 1 rings (SSSR count). The van der Waals surface area contributed by atoms with Crippen LogP contribution in [0.15, 0.2) is 18.2 Å². The first-order chi connectivity index (χ1) is 8.19. The molecule has 18 heavy (non-hydrogen) atoms. The Kier molecular flexibility index (Phi) is 8.37. The average molecular weight is 274 g/mol. The molecule has 0 spiro atoms. The number of carbonyl (C=O) groups is 1. The van der Waals surface area contributed by atoms with Crippen molar-refractivity contribution in [3.63, 3.8) is 0 Å². The number of ether oxygens (including phenoxy) is 1. The summed E-state index contributed by atoms with van der Waals surface area (Å²) in [5, 5.41) is 8.59. The summed E-state index contributed by atoms with van der Waals surface area (Å²) in [6, 6.07) is 5.39. The lowest BCUT2D eigenvalue weighted by atomic mass is 10.1. The second-order valence-corrected chi connectivity index (χ2v) is 3.97. The smallest absolute Gasteiger partial charge is 0.338 e. The Hall–Kier alpha value is -1.10. The number of hydrogen-bond acceptors (Lipinski definition) is 4. The molecule has 1 aromatic rings. The molecule has 0 saturated heterocycles. The zero-order chi connectivity index (χ0) is 12.7. The topological polar surface area (TPSA) is 58.6 Å². The molecule has 0 fully saturated rings. The second kappa shape index (κ2) is 8.91. The normalized spacial score (nSPS) is 9.72. The minimum absolute atomic E-state index is 0. The van der Waals surface area contributed by atoms with Crippen molar-refractivity contribution in [1.82, 2.24) is 5.48 Å². The number of aryl methyl sites for hydroxylation is 1. The van der Waals surface area contributed by atoms with E-state index in [9.17, 15) is 4.79 Å². The maximum Gasteiger partial charge on any atom is 0.338 e. The zero-order valence-electron chi connectivity index (χ0n) is 10.7. The molecular formula is C13H20ClNO3. The molecule has 2 N–H and O–H groups in total. The molecule has 0 heterocycles. The molecule has 4 nitrogen and oxygen atoms in total. The predicted molar refractivity (Wildman–Crippen MR) is 72.2 cm³/mol. The molecule has 0 aromatic heterocycles. The maximum absolute atomic E-state index is 11.7. The van der Waals surface area contributed by atoms with Gasteiger partial charge in [0.05, 0.1) is 12.2 Å². The Bertz CT molecular complexity index is 382. The van der Waals surface area contributed by atoms with Crippen molar-refractivity contribution in [2.45, 2.75) is 33.2 Å². The minimum Gasteiger partial charge on any atom is -0.462 e. The number of nitrogens with one attached hydrogen (secondary N) is 1. The van der Waals surface area contributed by atoms with Gasteiger partial charge in [-0.05, 0) is 30.5 Å². The summed E-state index contributed by atoms with van der Waals surface area (Å²) in [5.41, 5.74) is 4.46. The largest absolute Gasteiger partial charge is 0.462 e. The minimum atomic E-state index is -0.278. The van der Waals surface area contributed by atoms with Crippen LogP contribution >= 0.6 is 12.4 Å². The van der Waals surface area contributed by atoms with Crippen LogP contribution in [0, 0.1) is 6.92 Å². The molecule has 5 heteroatoms. The van der Waals surface area contributed by atoms with Gasteiger partial charge in [0, 0.05) is 6.54 Å². The maximum atomic E-state index is 11.7. The quantitative estimate of drug-likeness (QED) is 0.475. The van der Waals surface area contributed by atoms with Crippen molar-refractivity contribution < 1.29 is 14.7 Å². The molecule has 0 saturated carbocycles. The number of halogens is 1. The summed E-state index contributed by atoms with van der Waals surface area (Å²) in [5.74, 6) is -0.278. The van der Waals surface area contributed by atoms with E-state index in [1.165, 1.54) is 0 Å². The van der Waals surface area contributed by atoms with Crippen LogP contribution in [0.5, 0.6) is 0 Å². The second-order valence-electron chi connectivity index (χ2n) is 3.97. The molecule has 0 bridgehead atoms.